The fourth-order valence-electron chi connectivity index (χ4n) is 3.65. The molecular formula is C23H28FN3O6S. The molecule has 1 N–H and O–H groups in total. The number of amides is 2. The maximum absolute atomic E-state index is 14.2. The summed E-state index contributed by atoms with van der Waals surface area (Å²) in [4.78, 5) is 26.6. The summed E-state index contributed by atoms with van der Waals surface area (Å²) in [5.74, 6) is -0.284. The van der Waals surface area contributed by atoms with Crippen LogP contribution in [0, 0.1) is 5.82 Å². The first-order chi connectivity index (χ1) is 16.1. The SMILES string of the molecule is CNC(=O)[C@@H](C)N(Cc1ccccc1F)C(=O)CCCN(c1ccc2c(c1)OCO2)S(C)(=O)=O. The number of carbonyl (C=O) groups excluding carboxylic acids is 2. The second-order valence-corrected chi connectivity index (χ2v) is 9.79. The largest absolute Gasteiger partial charge is 0.454 e. The average Bonchev–Trinajstić information content (AvgIpc) is 3.27. The zero-order valence-corrected chi connectivity index (χ0v) is 20.1. The molecule has 11 heteroatoms. The molecule has 3 rings (SSSR count). The van der Waals surface area contributed by atoms with Crippen LogP contribution in [-0.4, -0.2) is 57.8 Å². The molecular weight excluding hydrogens is 465 g/mol. The van der Waals surface area contributed by atoms with Crippen molar-refractivity contribution >= 4 is 27.5 Å². The maximum atomic E-state index is 14.2. The lowest BCUT2D eigenvalue weighted by atomic mass is 10.1. The number of ether oxygens (including phenoxy) is 2. The molecule has 184 valence electrons. The Hall–Kier alpha value is -3.34. The highest BCUT2D eigenvalue weighted by Gasteiger charge is 2.27. The Kier molecular flexibility index (Phi) is 7.98. The van der Waals surface area contributed by atoms with Gasteiger partial charge in [0.25, 0.3) is 0 Å². The zero-order valence-electron chi connectivity index (χ0n) is 19.3. The molecule has 1 aliphatic heterocycles. The van der Waals surface area contributed by atoms with E-state index in [-0.39, 0.29) is 44.2 Å². The molecule has 1 aliphatic rings. The normalized spacial score (nSPS) is 13.3. The number of hydrogen-bond acceptors (Lipinski definition) is 6. The van der Waals surface area contributed by atoms with Gasteiger partial charge in [0.15, 0.2) is 11.5 Å². The highest BCUT2D eigenvalue weighted by Crippen LogP contribution is 2.36. The van der Waals surface area contributed by atoms with Gasteiger partial charge < -0.3 is 19.7 Å². The summed E-state index contributed by atoms with van der Waals surface area (Å²) < 4.78 is 50.8. The molecule has 2 amide bonds. The third kappa shape index (κ3) is 5.96. The molecule has 0 spiro atoms. The van der Waals surface area contributed by atoms with Gasteiger partial charge in [-0.25, -0.2) is 12.8 Å². The second kappa shape index (κ2) is 10.7. The van der Waals surface area contributed by atoms with E-state index in [4.69, 9.17) is 9.47 Å². The van der Waals surface area contributed by atoms with E-state index >= 15 is 0 Å². The predicted octanol–water partition coefficient (Wildman–Crippen LogP) is 2.26. The monoisotopic (exact) mass is 493 g/mol. The van der Waals surface area contributed by atoms with Gasteiger partial charge in [-0.1, -0.05) is 18.2 Å². The number of anilines is 1. The van der Waals surface area contributed by atoms with E-state index in [0.29, 0.717) is 17.2 Å². The minimum Gasteiger partial charge on any atom is -0.454 e. The molecule has 0 fully saturated rings. The average molecular weight is 494 g/mol. The van der Waals surface area contributed by atoms with Gasteiger partial charge in [-0.05, 0) is 31.5 Å². The maximum Gasteiger partial charge on any atom is 0.242 e. The summed E-state index contributed by atoms with van der Waals surface area (Å²) in [5, 5.41) is 2.50. The van der Waals surface area contributed by atoms with Gasteiger partial charge in [0, 0.05) is 38.2 Å². The van der Waals surface area contributed by atoms with Crippen LogP contribution in [0.2, 0.25) is 0 Å². The molecule has 34 heavy (non-hydrogen) atoms. The molecule has 0 saturated heterocycles. The third-order valence-electron chi connectivity index (χ3n) is 5.51. The van der Waals surface area contributed by atoms with Crippen LogP contribution in [0.1, 0.15) is 25.3 Å². The number of nitrogens with zero attached hydrogens (tertiary/aromatic N) is 2. The molecule has 0 unspecified atom stereocenters. The van der Waals surface area contributed by atoms with Gasteiger partial charge in [0.2, 0.25) is 28.6 Å². The highest BCUT2D eigenvalue weighted by molar-refractivity contribution is 7.92. The number of sulfonamides is 1. The van der Waals surface area contributed by atoms with Gasteiger partial charge in [-0.3, -0.25) is 13.9 Å². The van der Waals surface area contributed by atoms with E-state index in [0.717, 1.165) is 6.26 Å². The third-order valence-corrected chi connectivity index (χ3v) is 6.70. The molecule has 0 aromatic heterocycles. The molecule has 1 heterocycles. The number of likely N-dealkylation sites (N-methyl/N-ethyl adjacent to an activating group) is 1. The van der Waals surface area contributed by atoms with Crippen LogP contribution in [0.4, 0.5) is 10.1 Å². The standard InChI is InChI=1S/C23H28FN3O6S/c1-16(23(29)25-2)26(14-17-7-4-5-8-19(17)24)22(28)9-6-12-27(34(3,30)31)18-10-11-20-21(13-18)33-15-32-20/h4-5,7-8,10-11,13,16H,6,9,12,14-15H2,1-3H3,(H,25,29)/t16-/m1/s1. The van der Waals surface area contributed by atoms with Crippen molar-refractivity contribution in [1.29, 1.82) is 0 Å². The summed E-state index contributed by atoms with van der Waals surface area (Å²) in [6, 6.07) is 10.0. The van der Waals surface area contributed by atoms with E-state index in [2.05, 4.69) is 5.32 Å². The smallest absolute Gasteiger partial charge is 0.242 e. The summed E-state index contributed by atoms with van der Waals surface area (Å²) in [6.07, 6.45) is 1.23. The van der Waals surface area contributed by atoms with Gasteiger partial charge in [-0.2, -0.15) is 0 Å². The lowest BCUT2D eigenvalue weighted by molar-refractivity contribution is -0.140. The van der Waals surface area contributed by atoms with Gasteiger partial charge in [0.05, 0.1) is 11.9 Å². The summed E-state index contributed by atoms with van der Waals surface area (Å²) in [6.45, 7) is 1.57. The van der Waals surface area contributed by atoms with Crippen LogP contribution >= 0.6 is 0 Å². The Labute approximate surface area is 198 Å². The molecule has 0 bridgehead atoms. The Bertz CT molecular complexity index is 1160. The minimum absolute atomic E-state index is 0.0338. The van der Waals surface area contributed by atoms with Crippen LogP contribution in [0.25, 0.3) is 0 Å². The quantitative estimate of drug-likeness (QED) is 0.544. The zero-order chi connectivity index (χ0) is 24.9. The van der Waals surface area contributed by atoms with Gasteiger partial charge in [-0.15, -0.1) is 0 Å². The number of rotatable bonds is 10. The number of halogens is 1. The van der Waals surface area contributed by atoms with Crippen molar-refractivity contribution < 1.29 is 31.9 Å². The van der Waals surface area contributed by atoms with Crippen molar-refractivity contribution in [3.63, 3.8) is 0 Å². The van der Waals surface area contributed by atoms with Crippen molar-refractivity contribution in [2.24, 2.45) is 0 Å². The number of nitrogens with one attached hydrogen (secondary N) is 1. The first kappa shape index (κ1) is 25.3. The van der Waals surface area contributed by atoms with Crippen molar-refractivity contribution in [2.45, 2.75) is 32.4 Å². The van der Waals surface area contributed by atoms with E-state index in [1.807, 2.05) is 0 Å². The number of benzene rings is 2. The summed E-state index contributed by atoms with van der Waals surface area (Å²) in [7, 11) is -2.18. The van der Waals surface area contributed by atoms with Crippen molar-refractivity contribution in [2.75, 3.05) is 30.9 Å². The predicted molar refractivity (Wildman–Crippen MR) is 124 cm³/mol. The van der Waals surface area contributed by atoms with Crippen LogP contribution in [0.3, 0.4) is 0 Å². The van der Waals surface area contributed by atoms with Crippen molar-refractivity contribution in [3.05, 3.63) is 53.8 Å². The Morgan fingerprint density at radius 1 is 1.15 bits per heavy atom. The molecule has 0 aliphatic carbocycles. The van der Waals surface area contributed by atoms with Gasteiger partial charge in [0.1, 0.15) is 11.9 Å². The highest BCUT2D eigenvalue weighted by atomic mass is 32.2. The first-order valence-electron chi connectivity index (χ1n) is 10.7. The van der Waals surface area contributed by atoms with Crippen LogP contribution in [0.5, 0.6) is 11.5 Å². The topological polar surface area (TPSA) is 105 Å². The minimum atomic E-state index is -3.64. The van der Waals surface area contributed by atoms with E-state index in [1.54, 1.807) is 43.3 Å². The van der Waals surface area contributed by atoms with E-state index < -0.39 is 27.8 Å². The molecule has 9 nitrogen and oxygen atoms in total. The molecule has 0 radical (unpaired) electrons. The number of carbonyl (C=O) groups is 2. The van der Waals surface area contributed by atoms with E-state index in [9.17, 15) is 22.4 Å². The first-order valence-corrected chi connectivity index (χ1v) is 12.6. The van der Waals surface area contributed by atoms with Crippen LogP contribution in [-0.2, 0) is 26.2 Å². The number of hydrogen-bond donors (Lipinski definition) is 1. The summed E-state index contributed by atoms with van der Waals surface area (Å²) >= 11 is 0. The fraction of sp³-hybridized carbons (Fsp3) is 0.391. The molecule has 0 saturated carbocycles. The van der Waals surface area contributed by atoms with Crippen LogP contribution < -0.4 is 19.1 Å². The Balaban J connectivity index is 1.73. The molecule has 2 aromatic carbocycles. The lowest BCUT2D eigenvalue weighted by Gasteiger charge is -2.29. The Morgan fingerprint density at radius 3 is 2.53 bits per heavy atom. The van der Waals surface area contributed by atoms with Crippen molar-refractivity contribution in [1.82, 2.24) is 10.2 Å². The van der Waals surface area contributed by atoms with Crippen molar-refractivity contribution in [3.8, 4) is 11.5 Å². The molecule has 1 atom stereocenters. The number of fused-ring (bicyclic) bond motifs is 1. The summed E-state index contributed by atoms with van der Waals surface area (Å²) in [5.41, 5.74) is 0.672. The fourth-order valence-corrected chi connectivity index (χ4v) is 4.60. The van der Waals surface area contributed by atoms with Crippen LogP contribution in [0.15, 0.2) is 42.5 Å². The second-order valence-electron chi connectivity index (χ2n) is 7.88. The Morgan fingerprint density at radius 2 is 1.85 bits per heavy atom. The lowest BCUT2D eigenvalue weighted by Crippen LogP contribution is -2.47. The van der Waals surface area contributed by atoms with Gasteiger partial charge >= 0.3 is 0 Å². The van der Waals surface area contributed by atoms with E-state index in [1.165, 1.54) is 22.3 Å². The molecule has 2 aromatic rings.